The number of carbonyl (C=O) groups excluding carboxylic acids is 1. The van der Waals surface area contributed by atoms with Gasteiger partial charge in [-0.25, -0.2) is 4.98 Å². The Morgan fingerprint density at radius 2 is 2.14 bits per heavy atom. The highest BCUT2D eigenvalue weighted by Crippen LogP contribution is 2.32. The zero-order valence-electron chi connectivity index (χ0n) is 15.7. The highest BCUT2D eigenvalue weighted by atomic mass is 32.1. The fraction of sp³-hybridized carbons (Fsp3) is 0.238. The summed E-state index contributed by atoms with van der Waals surface area (Å²) >= 11 is 1.39. The van der Waals surface area contributed by atoms with Crippen LogP contribution in [0.25, 0.3) is 11.3 Å². The average Bonchev–Trinajstić information content (AvgIpc) is 3.37. The summed E-state index contributed by atoms with van der Waals surface area (Å²) in [6, 6.07) is 11.2. The molecule has 0 radical (unpaired) electrons. The van der Waals surface area contributed by atoms with E-state index in [2.05, 4.69) is 16.4 Å². The molecule has 0 bridgehead atoms. The maximum atomic E-state index is 12.6. The summed E-state index contributed by atoms with van der Waals surface area (Å²) in [5, 5.41) is 5.33. The zero-order valence-corrected chi connectivity index (χ0v) is 16.5. The van der Waals surface area contributed by atoms with Crippen LogP contribution in [0.3, 0.4) is 0 Å². The third kappa shape index (κ3) is 3.66. The molecule has 7 heteroatoms. The fourth-order valence-electron chi connectivity index (χ4n) is 3.06. The Bertz CT molecular complexity index is 1020. The van der Waals surface area contributed by atoms with Crippen molar-refractivity contribution in [3.63, 3.8) is 0 Å². The van der Waals surface area contributed by atoms with Crippen LogP contribution in [-0.2, 0) is 6.42 Å². The molecule has 0 aliphatic carbocycles. The van der Waals surface area contributed by atoms with Gasteiger partial charge in [0, 0.05) is 22.9 Å². The summed E-state index contributed by atoms with van der Waals surface area (Å²) in [5.41, 5.74) is 3.52. The molecule has 0 atom stereocenters. The van der Waals surface area contributed by atoms with E-state index in [-0.39, 0.29) is 5.91 Å². The second kappa shape index (κ2) is 7.90. The van der Waals surface area contributed by atoms with Crippen LogP contribution in [0.15, 0.2) is 41.8 Å². The maximum absolute atomic E-state index is 12.6. The number of rotatable bonds is 6. The molecule has 1 amide bonds. The van der Waals surface area contributed by atoms with Crippen molar-refractivity contribution in [3.05, 3.63) is 52.9 Å². The molecular formula is C21H20N2O4S. The number of anilines is 1. The number of nitrogens with one attached hydrogen (secondary N) is 1. The summed E-state index contributed by atoms with van der Waals surface area (Å²) in [7, 11) is 1.55. The molecule has 1 aliphatic heterocycles. The lowest BCUT2D eigenvalue weighted by atomic mass is 10.1. The quantitative estimate of drug-likeness (QED) is 0.669. The number of ether oxygens (including phenoxy) is 3. The Kier molecular flexibility index (Phi) is 5.16. The molecule has 2 aromatic carbocycles. The van der Waals surface area contributed by atoms with E-state index in [9.17, 15) is 4.79 Å². The molecule has 0 saturated heterocycles. The van der Waals surface area contributed by atoms with Gasteiger partial charge in [0.2, 0.25) is 0 Å². The number of nitrogens with zero attached hydrogens (tertiary/aromatic N) is 1. The van der Waals surface area contributed by atoms with E-state index < -0.39 is 0 Å². The molecule has 144 valence electrons. The van der Waals surface area contributed by atoms with Crippen LogP contribution < -0.4 is 19.5 Å². The molecule has 4 rings (SSSR count). The lowest BCUT2D eigenvalue weighted by Crippen LogP contribution is -2.12. The lowest BCUT2D eigenvalue weighted by Gasteiger charge is -2.10. The molecular weight excluding hydrogens is 376 g/mol. The Morgan fingerprint density at radius 1 is 1.25 bits per heavy atom. The largest absolute Gasteiger partial charge is 0.493 e. The van der Waals surface area contributed by atoms with Crippen molar-refractivity contribution in [1.29, 1.82) is 0 Å². The number of amides is 1. The van der Waals surface area contributed by atoms with E-state index in [1.54, 1.807) is 25.3 Å². The van der Waals surface area contributed by atoms with E-state index >= 15 is 0 Å². The van der Waals surface area contributed by atoms with Crippen LogP contribution in [0, 0.1) is 0 Å². The van der Waals surface area contributed by atoms with Crippen LogP contribution in [0.4, 0.5) is 5.13 Å². The zero-order chi connectivity index (χ0) is 19.5. The predicted octanol–water partition coefficient (Wildman–Crippen LogP) is 4.40. The minimum atomic E-state index is -0.246. The Morgan fingerprint density at radius 3 is 2.96 bits per heavy atom. The molecule has 1 aliphatic rings. The van der Waals surface area contributed by atoms with Crippen LogP contribution >= 0.6 is 11.3 Å². The second-order valence-corrected chi connectivity index (χ2v) is 7.07. The number of thiazole rings is 1. The Balaban J connectivity index is 1.50. The minimum absolute atomic E-state index is 0.246. The number of hydrogen-bond acceptors (Lipinski definition) is 6. The SMILES string of the molecule is CCOc1ccc(C(=O)Nc2nc(-c3ccc4c(c3)CCO4)cs2)cc1OC. The molecule has 1 N–H and O–H groups in total. The average molecular weight is 396 g/mol. The van der Waals surface area contributed by atoms with Crippen molar-refractivity contribution in [1.82, 2.24) is 4.98 Å². The number of benzene rings is 2. The fourth-order valence-corrected chi connectivity index (χ4v) is 3.78. The number of hydrogen-bond donors (Lipinski definition) is 1. The minimum Gasteiger partial charge on any atom is -0.493 e. The van der Waals surface area contributed by atoms with Gasteiger partial charge in [-0.05, 0) is 48.9 Å². The van der Waals surface area contributed by atoms with Gasteiger partial charge in [0.05, 0.1) is 26.0 Å². The first kappa shape index (κ1) is 18.3. The summed E-state index contributed by atoms with van der Waals surface area (Å²) in [4.78, 5) is 17.1. The first-order valence-electron chi connectivity index (χ1n) is 9.01. The molecule has 2 heterocycles. The van der Waals surface area contributed by atoms with E-state index in [1.807, 2.05) is 24.4 Å². The van der Waals surface area contributed by atoms with Crippen LogP contribution in [0.5, 0.6) is 17.2 Å². The first-order valence-corrected chi connectivity index (χ1v) is 9.89. The van der Waals surface area contributed by atoms with Gasteiger partial charge in [-0.1, -0.05) is 0 Å². The summed E-state index contributed by atoms with van der Waals surface area (Å²) in [5.74, 6) is 1.83. The third-order valence-electron chi connectivity index (χ3n) is 4.44. The lowest BCUT2D eigenvalue weighted by molar-refractivity contribution is 0.102. The molecule has 1 aromatic heterocycles. The number of methoxy groups -OCH3 is 1. The monoisotopic (exact) mass is 396 g/mol. The standard InChI is InChI=1S/C21H20N2O4S/c1-3-26-18-7-5-15(11-19(18)25-2)20(24)23-21-22-16(12-28-21)13-4-6-17-14(10-13)8-9-27-17/h4-7,10-12H,3,8-9H2,1-2H3,(H,22,23,24). The van der Waals surface area contributed by atoms with E-state index in [1.165, 1.54) is 16.9 Å². The van der Waals surface area contributed by atoms with Crippen LogP contribution in [0.2, 0.25) is 0 Å². The second-order valence-electron chi connectivity index (χ2n) is 6.21. The van der Waals surface area contributed by atoms with Crippen molar-refractivity contribution in [2.24, 2.45) is 0 Å². The van der Waals surface area contributed by atoms with Crippen molar-refractivity contribution < 1.29 is 19.0 Å². The third-order valence-corrected chi connectivity index (χ3v) is 5.19. The van der Waals surface area contributed by atoms with Gasteiger partial charge in [-0.3, -0.25) is 10.1 Å². The molecule has 0 saturated carbocycles. The topological polar surface area (TPSA) is 69.7 Å². The van der Waals surface area contributed by atoms with Gasteiger partial charge in [-0.15, -0.1) is 11.3 Å². The molecule has 3 aromatic rings. The van der Waals surface area contributed by atoms with Crippen LogP contribution in [-0.4, -0.2) is 31.2 Å². The summed E-state index contributed by atoms with van der Waals surface area (Å²) < 4.78 is 16.3. The normalized spacial score (nSPS) is 12.2. The van der Waals surface area contributed by atoms with Gasteiger partial charge in [0.15, 0.2) is 16.6 Å². The van der Waals surface area contributed by atoms with E-state index in [4.69, 9.17) is 14.2 Å². The van der Waals surface area contributed by atoms with Crippen LogP contribution in [0.1, 0.15) is 22.8 Å². The van der Waals surface area contributed by atoms with Gasteiger partial charge in [0.25, 0.3) is 5.91 Å². The van der Waals surface area contributed by atoms with Gasteiger partial charge in [-0.2, -0.15) is 0 Å². The van der Waals surface area contributed by atoms with Gasteiger partial charge in [0.1, 0.15) is 5.75 Å². The summed E-state index contributed by atoms with van der Waals surface area (Å²) in [6.45, 7) is 3.15. The van der Waals surface area contributed by atoms with Crippen molar-refractivity contribution in [3.8, 4) is 28.5 Å². The highest BCUT2D eigenvalue weighted by molar-refractivity contribution is 7.14. The molecule has 0 fully saturated rings. The van der Waals surface area contributed by atoms with Crippen molar-refractivity contribution in [2.75, 3.05) is 25.6 Å². The van der Waals surface area contributed by atoms with E-state index in [0.29, 0.717) is 28.8 Å². The smallest absolute Gasteiger partial charge is 0.257 e. The summed E-state index contributed by atoms with van der Waals surface area (Å²) in [6.07, 6.45) is 0.913. The molecule has 0 spiro atoms. The Labute approximate surface area is 167 Å². The first-order chi connectivity index (χ1) is 13.7. The number of fused-ring (bicyclic) bond motifs is 1. The van der Waals surface area contributed by atoms with Crippen molar-refractivity contribution in [2.45, 2.75) is 13.3 Å². The number of aromatic nitrogens is 1. The predicted molar refractivity (Wildman–Crippen MR) is 109 cm³/mol. The maximum Gasteiger partial charge on any atom is 0.257 e. The van der Waals surface area contributed by atoms with Gasteiger partial charge >= 0.3 is 0 Å². The Hall–Kier alpha value is -3.06. The molecule has 0 unspecified atom stereocenters. The molecule has 28 heavy (non-hydrogen) atoms. The van der Waals surface area contributed by atoms with Gasteiger partial charge < -0.3 is 14.2 Å². The molecule has 6 nitrogen and oxygen atoms in total. The van der Waals surface area contributed by atoms with E-state index in [0.717, 1.165) is 30.0 Å². The van der Waals surface area contributed by atoms with Crippen molar-refractivity contribution >= 4 is 22.4 Å². The number of carbonyl (C=O) groups is 1. The highest BCUT2D eigenvalue weighted by Gasteiger charge is 2.16.